The van der Waals surface area contributed by atoms with E-state index in [1.165, 1.54) is 24.3 Å². The van der Waals surface area contributed by atoms with Crippen LogP contribution in [0.2, 0.25) is 0 Å². The zero-order valence-electron chi connectivity index (χ0n) is 17.2. The number of aromatic hydroxyl groups is 1. The van der Waals surface area contributed by atoms with Gasteiger partial charge in [0.25, 0.3) is 5.91 Å². The van der Waals surface area contributed by atoms with Crippen LogP contribution in [-0.2, 0) is 4.79 Å². The number of halogens is 1. The van der Waals surface area contributed by atoms with Crippen LogP contribution in [0.3, 0.4) is 0 Å². The molecule has 0 bridgehead atoms. The number of benzene rings is 2. The fraction of sp³-hybridized carbons (Fsp3) is 0.182. The van der Waals surface area contributed by atoms with Gasteiger partial charge in [-0.15, -0.1) is 0 Å². The lowest BCUT2D eigenvalue weighted by Crippen LogP contribution is -2.41. The van der Waals surface area contributed by atoms with Gasteiger partial charge < -0.3 is 31.4 Å². The van der Waals surface area contributed by atoms with Gasteiger partial charge in [0.05, 0.1) is 10.9 Å². The van der Waals surface area contributed by atoms with E-state index in [4.69, 9.17) is 15.9 Å². The monoisotopic (exact) mass is 456 g/mol. The first kappa shape index (κ1) is 23.3. The molecule has 0 radical (unpaired) electrons. The Morgan fingerprint density at radius 2 is 1.85 bits per heavy atom. The van der Waals surface area contributed by atoms with Gasteiger partial charge in [0.2, 0.25) is 11.2 Å². The van der Waals surface area contributed by atoms with Crippen molar-refractivity contribution in [2.24, 2.45) is 16.5 Å². The maximum atomic E-state index is 13.4. The predicted octanol–water partition coefficient (Wildman–Crippen LogP) is 1.54. The van der Waals surface area contributed by atoms with Gasteiger partial charge in [-0.3, -0.25) is 14.6 Å². The van der Waals surface area contributed by atoms with Crippen molar-refractivity contribution in [2.45, 2.75) is 18.9 Å². The van der Waals surface area contributed by atoms with E-state index in [0.29, 0.717) is 0 Å². The standard InChI is InChI=1S/C22H21FN4O6/c23-12-5-3-11(4-6-12)17-18(29)14-8-7-13(28)10-16(14)33-19(17)20(30)27-15(21(31)32)2-1-9-26-22(24)25/h3-8,10,15,28H,1-2,9H2,(H,27,30)(H,31,32)(H4,24,25,26)/t15-/m1/s1. The Hall–Kier alpha value is -4.41. The third-order valence-corrected chi connectivity index (χ3v) is 4.76. The summed E-state index contributed by atoms with van der Waals surface area (Å²) in [5.74, 6) is -3.64. The van der Waals surface area contributed by atoms with Crippen LogP contribution in [0, 0.1) is 5.82 Å². The minimum atomic E-state index is -1.32. The molecule has 3 aromatic rings. The van der Waals surface area contributed by atoms with Crippen LogP contribution < -0.4 is 22.2 Å². The number of fused-ring (bicyclic) bond motifs is 1. The zero-order chi connectivity index (χ0) is 24.1. The third kappa shape index (κ3) is 5.45. The number of aliphatic imine (C=N–C) groups is 1. The maximum absolute atomic E-state index is 13.4. The van der Waals surface area contributed by atoms with Gasteiger partial charge in [0, 0.05) is 12.6 Å². The second-order valence-electron chi connectivity index (χ2n) is 7.14. The Kier molecular flexibility index (Phi) is 6.91. The number of aliphatic carboxylic acids is 1. The van der Waals surface area contributed by atoms with E-state index >= 15 is 0 Å². The lowest BCUT2D eigenvalue weighted by Gasteiger charge is -2.15. The van der Waals surface area contributed by atoms with Crippen molar-refractivity contribution in [1.29, 1.82) is 0 Å². The normalized spacial score (nSPS) is 11.7. The van der Waals surface area contributed by atoms with Crippen molar-refractivity contribution < 1.29 is 28.6 Å². The maximum Gasteiger partial charge on any atom is 0.326 e. The molecule has 10 nitrogen and oxygen atoms in total. The Labute approximate surface area is 186 Å². The molecule has 0 unspecified atom stereocenters. The van der Waals surface area contributed by atoms with Gasteiger partial charge >= 0.3 is 5.97 Å². The van der Waals surface area contributed by atoms with Crippen LogP contribution in [0.15, 0.2) is 56.7 Å². The topological polar surface area (TPSA) is 181 Å². The van der Waals surface area contributed by atoms with Crippen molar-refractivity contribution in [3.63, 3.8) is 0 Å². The second kappa shape index (κ2) is 9.81. The lowest BCUT2D eigenvalue weighted by molar-refractivity contribution is -0.139. The molecule has 0 aliphatic rings. The molecular weight excluding hydrogens is 435 g/mol. The number of amides is 1. The van der Waals surface area contributed by atoms with E-state index < -0.39 is 34.9 Å². The molecule has 1 heterocycles. The summed E-state index contributed by atoms with van der Waals surface area (Å²) < 4.78 is 19.0. The smallest absolute Gasteiger partial charge is 0.326 e. The zero-order valence-corrected chi connectivity index (χ0v) is 17.2. The number of rotatable bonds is 8. The van der Waals surface area contributed by atoms with Crippen LogP contribution in [0.5, 0.6) is 5.75 Å². The van der Waals surface area contributed by atoms with Crippen molar-refractivity contribution in [1.82, 2.24) is 5.32 Å². The van der Waals surface area contributed by atoms with Crippen LogP contribution in [-0.4, -0.2) is 40.6 Å². The number of nitrogens with one attached hydrogen (secondary N) is 1. The molecule has 1 amide bonds. The molecule has 33 heavy (non-hydrogen) atoms. The van der Waals surface area contributed by atoms with Crippen molar-refractivity contribution in [2.75, 3.05) is 6.54 Å². The highest BCUT2D eigenvalue weighted by atomic mass is 19.1. The van der Waals surface area contributed by atoms with E-state index in [2.05, 4.69) is 10.3 Å². The molecule has 172 valence electrons. The highest BCUT2D eigenvalue weighted by Gasteiger charge is 2.26. The SMILES string of the molecule is NC(N)=NCCC[C@@H](NC(=O)c1oc2cc(O)ccc2c(=O)c1-c1ccc(F)cc1)C(=O)O. The average Bonchev–Trinajstić information content (AvgIpc) is 2.75. The number of carboxylic acid groups (broad SMARTS) is 1. The third-order valence-electron chi connectivity index (χ3n) is 4.76. The molecule has 0 saturated heterocycles. The Morgan fingerprint density at radius 1 is 1.15 bits per heavy atom. The van der Waals surface area contributed by atoms with Gasteiger partial charge in [0.1, 0.15) is 23.2 Å². The summed E-state index contributed by atoms with van der Waals surface area (Å²) in [5.41, 5.74) is 9.82. The van der Waals surface area contributed by atoms with Crippen molar-refractivity contribution >= 4 is 28.8 Å². The molecular formula is C22H21FN4O6. The lowest BCUT2D eigenvalue weighted by atomic mass is 10.0. The van der Waals surface area contributed by atoms with E-state index in [1.807, 2.05) is 0 Å². The number of phenols is 1. The van der Waals surface area contributed by atoms with Crippen LogP contribution in [0.4, 0.5) is 4.39 Å². The highest BCUT2D eigenvalue weighted by Crippen LogP contribution is 2.27. The van der Waals surface area contributed by atoms with Gasteiger partial charge in [-0.05, 0) is 42.7 Å². The summed E-state index contributed by atoms with van der Waals surface area (Å²) in [7, 11) is 0. The van der Waals surface area contributed by atoms with Crippen LogP contribution in [0.1, 0.15) is 23.4 Å². The molecule has 0 saturated carbocycles. The Morgan fingerprint density at radius 3 is 2.48 bits per heavy atom. The molecule has 3 rings (SSSR count). The number of guanidine groups is 1. The summed E-state index contributed by atoms with van der Waals surface area (Å²) >= 11 is 0. The highest BCUT2D eigenvalue weighted by molar-refractivity contribution is 6.02. The summed E-state index contributed by atoms with van der Waals surface area (Å²) in [4.78, 5) is 41.6. The first-order valence-corrected chi connectivity index (χ1v) is 9.82. The number of phenolic OH excluding ortho intramolecular Hbond substituents is 1. The fourth-order valence-electron chi connectivity index (χ4n) is 3.21. The average molecular weight is 456 g/mol. The van der Waals surface area contributed by atoms with Crippen LogP contribution >= 0.6 is 0 Å². The molecule has 1 aromatic heterocycles. The van der Waals surface area contributed by atoms with E-state index in [-0.39, 0.29) is 53.2 Å². The molecule has 0 fully saturated rings. The Balaban J connectivity index is 2.03. The van der Waals surface area contributed by atoms with Crippen molar-refractivity contribution in [3.05, 3.63) is 64.3 Å². The predicted molar refractivity (Wildman–Crippen MR) is 118 cm³/mol. The van der Waals surface area contributed by atoms with Gasteiger partial charge in [-0.25, -0.2) is 9.18 Å². The van der Waals surface area contributed by atoms with Gasteiger partial charge in [-0.2, -0.15) is 0 Å². The summed E-state index contributed by atoms with van der Waals surface area (Å²) in [6.45, 7) is 0.160. The molecule has 0 aliphatic heterocycles. The molecule has 0 spiro atoms. The first-order valence-electron chi connectivity index (χ1n) is 9.82. The van der Waals surface area contributed by atoms with E-state index in [0.717, 1.165) is 18.2 Å². The molecule has 2 aromatic carbocycles. The number of carboxylic acids is 1. The quantitative estimate of drug-likeness (QED) is 0.192. The van der Waals surface area contributed by atoms with E-state index in [1.54, 1.807) is 0 Å². The number of carbonyl (C=O) groups excluding carboxylic acids is 1. The van der Waals surface area contributed by atoms with Crippen LogP contribution in [0.25, 0.3) is 22.1 Å². The Bertz CT molecular complexity index is 1280. The number of hydrogen-bond acceptors (Lipinski definition) is 6. The van der Waals surface area contributed by atoms with Gasteiger partial charge in [-0.1, -0.05) is 12.1 Å². The summed E-state index contributed by atoms with van der Waals surface area (Å²) in [6, 6.07) is 7.27. The molecule has 1 atom stereocenters. The summed E-state index contributed by atoms with van der Waals surface area (Å²) in [5, 5.41) is 21.6. The minimum Gasteiger partial charge on any atom is -0.508 e. The van der Waals surface area contributed by atoms with Crippen molar-refractivity contribution in [3.8, 4) is 16.9 Å². The molecule has 11 heteroatoms. The minimum absolute atomic E-state index is 0.00232. The number of carbonyl (C=O) groups is 2. The summed E-state index contributed by atoms with van der Waals surface area (Å²) in [6.07, 6.45) is 0.262. The molecule has 7 N–H and O–H groups in total. The first-order chi connectivity index (χ1) is 15.7. The fourth-order valence-corrected chi connectivity index (χ4v) is 3.21. The number of hydrogen-bond donors (Lipinski definition) is 5. The largest absolute Gasteiger partial charge is 0.508 e. The molecule has 0 aliphatic carbocycles. The number of nitrogens with zero attached hydrogens (tertiary/aromatic N) is 1. The number of nitrogens with two attached hydrogens (primary N) is 2. The van der Waals surface area contributed by atoms with Gasteiger partial charge in [0.15, 0.2) is 5.96 Å². The van der Waals surface area contributed by atoms with E-state index in [9.17, 15) is 29.0 Å². The second-order valence-corrected chi connectivity index (χ2v) is 7.14.